The van der Waals surface area contributed by atoms with Crippen LogP contribution < -0.4 is 10.9 Å². The van der Waals surface area contributed by atoms with Crippen LogP contribution in [0.4, 0.5) is 5.69 Å². The van der Waals surface area contributed by atoms with Crippen molar-refractivity contribution in [1.82, 2.24) is 19.7 Å². The minimum atomic E-state index is -0.287. The molecule has 0 aliphatic rings. The first-order chi connectivity index (χ1) is 14.0. The number of nitrogens with zero attached hydrogens (tertiary/aromatic N) is 3. The van der Waals surface area contributed by atoms with Crippen molar-refractivity contribution in [1.29, 1.82) is 0 Å². The van der Waals surface area contributed by atoms with Gasteiger partial charge in [-0.15, -0.1) is 0 Å². The van der Waals surface area contributed by atoms with E-state index >= 15 is 0 Å². The Hall–Kier alpha value is -2.91. The third-order valence-electron chi connectivity index (χ3n) is 4.13. The van der Waals surface area contributed by atoms with Crippen LogP contribution in [0.25, 0.3) is 16.7 Å². The maximum Gasteiger partial charge on any atom is 0.262 e. The summed E-state index contributed by atoms with van der Waals surface area (Å²) in [7, 11) is 0. The number of aryl methyl sites for hydroxylation is 1. The number of amides is 1. The predicted molar refractivity (Wildman–Crippen MR) is 118 cm³/mol. The van der Waals surface area contributed by atoms with Crippen molar-refractivity contribution in [3.8, 4) is 5.69 Å². The van der Waals surface area contributed by atoms with E-state index in [1.807, 2.05) is 43.3 Å². The van der Waals surface area contributed by atoms with Crippen LogP contribution >= 0.6 is 27.7 Å². The molecule has 2 aromatic carbocycles. The van der Waals surface area contributed by atoms with E-state index in [1.54, 1.807) is 16.8 Å². The smallest absolute Gasteiger partial charge is 0.262 e. The predicted octanol–water partition coefficient (Wildman–Crippen LogP) is 3.91. The number of carbonyl (C=O) groups is 1. The molecule has 0 saturated carbocycles. The number of fused-ring (bicyclic) bond motifs is 1. The van der Waals surface area contributed by atoms with Crippen molar-refractivity contribution >= 4 is 50.3 Å². The molecule has 4 aromatic rings. The number of hydrogen-bond acceptors (Lipinski definition) is 5. The second-order valence-corrected chi connectivity index (χ2v) is 8.23. The van der Waals surface area contributed by atoms with E-state index in [1.165, 1.54) is 6.20 Å². The van der Waals surface area contributed by atoms with E-state index < -0.39 is 0 Å². The summed E-state index contributed by atoms with van der Waals surface area (Å²) in [6, 6.07) is 15.1. The number of aromatic amines is 1. The van der Waals surface area contributed by atoms with Crippen LogP contribution in [-0.2, 0) is 4.79 Å². The molecule has 1 amide bonds. The van der Waals surface area contributed by atoms with Crippen molar-refractivity contribution in [2.45, 2.75) is 12.1 Å². The Morgan fingerprint density at radius 1 is 1.24 bits per heavy atom. The monoisotopic (exact) mass is 469 g/mol. The molecule has 4 rings (SSSR count). The van der Waals surface area contributed by atoms with E-state index in [9.17, 15) is 9.59 Å². The molecule has 0 atom stereocenters. The van der Waals surface area contributed by atoms with E-state index in [4.69, 9.17) is 0 Å². The van der Waals surface area contributed by atoms with Crippen LogP contribution in [-0.4, -0.2) is 31.4 Å². The van der Waals surface area contributed by atoms with Gasteiger partial charge < -0.3 is 10.3 Å². The van der Waals surface area contributed by atoms with Crippen molar-refractivity contribution in [2.24, 2.45) is 0 Å². The molecule has 0 spiro atoms. The first kappa shape index (κ1) is 19.4. The van der Waals surface area contributed by atoms with Gasteiger partial charge in [-0.1, -0.05) is 39.8 Å². The van der Waals surface area contributed by atoms with Crippen LogP contribution in [0.1, 0.15) is 5.56 Å². The van der Waals surface area contributed by atoms with E-state index in [0.717, 1.165) is 27.5 Å². The molecule has 7 nitrogen and oxygen atoms in total. The third kappa shape index (κ3) is 4.41. The molecular weight excluding hydrogens is 454 g/mol. The normalized spacial score (nSPS) is 11.0. The topological polar surface area (TPSA) is 92.7 Å². The lowest BCUT2D eigenvalue weighted by Crippen LogP contribution is -2.15. The van der Waals surface area contributed by atoms with Gasteiger partial charge in [-0.2, -0.15) is 5.10 Å². The van der Waals surface area contributed by atoms with Crippen LogP contribution in [0.2, 0.25) is 0 Å². The van der Waals surface area contributed by atoms with Crippen molar-refractivity contribution in [3.63, 3.8) is 0 Å². The average Bonchev–Trinajstić information content (AvgIpc) is 3.13. The summed E-state index contributed by atoms with van der Waals surface area (Å²) in [5.74, 6) is -0.0735. The molecule has 9 heteroatoms. The maximum absolute atomic E-state index is 12.4. The molecule has 0 unspecified atom stereocenters. The highest BCUT2D eigenvalue weighted by atomic mass is 79.9. The van der Waals surface area contributed by atoms with E-state index in [-0.39, 0.29) is 17.2 Å². The van der Waals surface area contributed by atoms with Gasteiger partial charge in [-0.3, -0.25) is 9.59 Å². The van der Waals surface area contributed by atoms with E-state index in [0.29, 0.717) is 21.9 Å². The summed E-state index contributed by atoms with van der Waals surface area (Å²) in [6.07, 6.45) is 1.50. The van der Waals surface area contributed by atoms with Crippen LogP contribution in [0.15, 0.2) is 69.2 Å². The average molecular weight is 470 g/mol. The number of carbonyl (C=O) groups excluding carboxylic acids is 1. The molecule has 0 bridgehead atoms. The number of nitrogens with one attached hydrogen (secondary N) is 2. The van der Waals surface area contributed by atoms with Crippen molar-refractivity contribution < 1.29 is 4.79 Å². The largest absolute Gasteiger partial charge is 0.325 e. The highest BCUT2D eigenvalue weighted by Crippen LogP contribution is 2.19. The van der Waals surface area contributed by atoms with Gasteiger partial charge in [0.1, 0.15) is 5.39 Å². The second kappa shape index (κ2) is 8.22. The fraction of sp³-hybridized carbons (Fsp3) is 0.100. The summed E-state index contributed by atoms with van der Waals surface area (Å²) in [5, 5.41) is 7.88. The van der Waals surface area contributed by atoms with Crippen molar-refractivity contribution in [2.75, 3.05) is 11.1 Å². The quantitative estimate of drug-likeness (QED) is 0.341. The number of halogens is 1. The third-order valence-corrected chi connectivity index (χ3v) is 5.53. The van der Waals surface area contributed by atoms with Gasteiger partial charge >= 0.3 is 0 Å². The summed E-state index contributed by atoms with van der Waals surface area (Å²) in [5.41, 5.74) is 2.77. The summed E-state index contributed by atoms with van der Waals surface area (Å²) in [4.78, 5) is 31.8. The number of hydrogen-bond donors (Lipinski definition) is 2. The van der Waals surface area contributed by atoms with Gasteiger partial charge in [0.15, 0.2) is 10.8 Å². The molecule has 0 fully saturated rings. The zero-order chi connectivity index (χ0) is 20.4. The standard InChI is InChI=1S/C20H16BrN5O2S/c1-12-3-2-4-15(9-12)26-18-16(10-22-26)19(28)25-20(24-18)29-11-17(27)23-14-7-5-13(21)6-8-14/h2-10H,11H2,1H3,(H,23,27)(H,24,25,28). The fourth-order valence-electron chi connectivity index (χ4n) is 2.78. The lowest BCUT2D eigenvalue weighted by Gasteiger charge is -2.06. The Labute approximate surface area is 178 Å². The van der Waals surface area contributed by atoms with Gasteiger partial charge in [0.2, 0.25) is 5.91 Å². The number of anilines is 1. The fourth-order valence-corrected chi connectivity index (χ4v) is 3.70. The Morgan fingerprint density at radius 2 is 2.03 bits per heavy atom. The first-order valence-corrected chi connectivity index (χ1v) is 10.5. The summed E-state index contributed by atoms with van der Waals surface area (Å²) >= 11 is 4.52. The van der Waals surface area contributed by atoms with Crippen LogP contribution in [0.5, 0.6) is 0 Å². The SMILES string of the molecule is Cc1cccc(-n2ncc3c(=O)[nH]c(SCC(=O)Nc4ccc(Br)cc4)nc32)c1. The Balaban J connectivity index is 1.55. The lowest BCUT2D eigenvalue weighted by atomic mass is 10.2. The molecule has 2 aromatic heterocycles. The zero-order valence-corrected chi connectivity index (χ0v) is 17.8. The number of benzene rings is 2. The molecule has 0 saturated heterocycles. The molecule has 146 valence electrons. The summed E-state index contributed by atoms with van der Waals surface area (Å²) in [6.45, 7) is 1.99. The Morgan fingerprint density at radius 3 is 2.79 bits per heavy atom. The Kier molecular flexibility index (Phi) is 5.50. The highest BCUT2D eigenvalue weighted by molar-refractivity contribution is 9.10. The molecule has 0 aliphatic heterocycles. The van der Waals surface area contributed by atoms with Crippen LogP contribution in [0.3, 0.4) is 0 Å². The molecule has 0 aliphatic carbocycles. The van der Waals surface area contributed by atoms with Gasteiger partial charge in [0, 0.05) is 10.2 Å². The number of H-pyrrole nitrogens is 1. The number of rotatable bonds is 5. The van der Waals surface area contributed by atoms with Gasteiger partial charge in [-0.25, -0.2) is 9.67 Å². The van der Waals surface area contributed by atoms with Gasteiger partial charge in [0.05, 0.1) is 17.6 Å². The number of thioether (sulfide) groups is 1. The Bertz CT molecular complexity index is 1250. The lowest BCUT2D eigenvalue weighted by molar-refractivity contribution is -0.113. The maximum atomic E-state index is 12.4. The molecule has 29 heavy (non-hydrogen) atoms. The molecule has 2 heterocycles. The van der Waals surface area contributed by atoms with Crippen molar-refractivity contribution in [3.05, 3.63) is 75.1 Å². The summed E-state index contributed by atoms with van der Waals surface area (Å²) < 4.78 is 2.56. The zero-order valence-electron chi connectivity index (χ0n) is 15.3. The van der Waals surface area contributed by atoms with Gasteiger partial charge in [-0.05, 0) is 48.9 Å². The molecular formula is C20H16BrN5O2S. The van der Waals surface area contributed by atoms with Gasteiger partial charge in [0.25, 0.3) is 5.56 Å². The highest BCUT2D eigenvalue weighted by Gasteiger charge is 2.13. The molecule has 0 radical (unpaired) electrons. The number of aromatic nitrogens is 4. The minimum absolute atomic E-state index is 0.114. The first-order valence-electron chi connectivity index (χ1n) is 8.73. The minimum Gasteiger partial charge on any atom is -0.325 e. The van der Waals surface area contributed by atoms with Crippen LogP contribution in [0, 0.1) is 6.92 Å². The second-order valence-electron chi connectivity index (χ2n) is 6.35. The molecule has 2 N–H and O–H groups in total. The van der Waals surface area contributed by atoms with E-state index in [2.05, 4.69) is 36.3 Å².